The van der Waals surface area contributed by atoms with Crippen LogP contribution < -0.4 is 16.2 Å². The fraction of sp³-hybridized carbons (Fsp3) is 0.250. The molecule has 0 saturated carbocycles. The minimum atomic E-state index is -0.0873. The number of hydrogen-bond donors (Lipinski definition) is 3. The zero-order valence-corrected chi connectivity index (χ0v) is 7.59. The highest BCUT2D eigenvalue weighted by atomic mass is 16.5. The Hall–Kier alpha value is -1.78. The summed E-state index contributed by atoms with van der Waals surface area (Å²) in [7, 11) is 1.52. The molecule has 0 unspecified atom stereocenters. The largest absolute Gasteiger partial charge is 0.481 e. The Balaban J connectivity index is 3.28. The van der Waals surface area contributed by atoms with Crippen LogP contribution in [-0.4, -0.2) is 17.9 Å². The van der Waals surface area contributed by atoms with Crippen LogP contribution in [0.15, 0.2) is 6.07 Å². The van der Waals surface area contributed by atoms with Gasteiger partial charge in [-0.1, -0.05) is 0 Å². The van der Waals surface area contributed by atoms with Crippen molar-refractivity contribution >= 4 is 11.7 Å². The van der Waals surface area contributed by atoms with Crippen LogP contribution in [0.2, 0.25) is 0 Å². The van der Waals surface area contributed by atoms with Gasteiger partial charge in [0.2, 0.25) is 5.88 Å². The van der Waals surface area contributed by atoms with Crippen LogP contribution >= 0.6 is 0 Å². The van der Waals surface area contributed by atoms with Crippen molar-refractivity contribution in [1.29, 1.82) is 5.41 Å². The molecule has 5 N–H and O–H groups in total. The van der Waals surface area contributed by atoms with Crippen LogP contribution in [0.5, 0.6) is 5.88 Å². The molecule has 0 aliphatic rings. The molecule has 0 saturated heterocycles. The fourth-order valence-electron chi connectivity index (χ4n) is 1.03. The maximum Gasteiger partial charge on any atom is 0.217 e. The molecule has 0 atom stereocenters. The molecule has 0 aromatic carbocycles. The highest BCUT2D eigenvalue weighted by Crippen LogP contribution is 2.19. The van der Waals surface area contributed by atoms with Crippen molar-refractivity contribution in [2.75, 3.05) is 12.8 Å². The molecule has 0 fully saturated rings. The van der Waals surface area contributed by atoms with E-state index in [0.717, 1.165) is 5.56 Å². The second kappa shape index (κ2) is 3.30. The van der Waals surface area contributed by atoms with Gasteiger partial charge in [-0.3, -0.25) is 5.41 Å². The maximum atomic E-state index is 7.22. The number of anilines is 1. The first-order valence-corrected chi connectivity index (χ1v) is 3.71. The molecule has 70 valence electrons. The summed E-state index contributed by atoms with van der Waals surface area (Å²) in [5, 5.41) is 7.22. The second-order valence-corrected chi connectivity index (χ2v) is 2.66. The summed E-state index contributed by atoms with van der Waals surface area (Å²) in [5.74, 6) is 0.591. The summed E-state index contributed by atoms with van der Waals surface area (Å²) < 4.78 is 4.96. The van der Waals surface area contributed by atoms with Gasteiger partial charge in [0.05, 0.1) is 12.7 Å². The van der Waals surface area contributed by atoms with E-state index in [1.807, 2.05) is 6.92 Å². The Morgan fingerprint density at radius 3 is 2.69 bits per heavy atom. The lowest BCUT2D eigenvalue weighted by molar-refractivity contribution is 0.395. The summed E-state index contributed by atoms with van der Waals surface area (Å²) in [4.78, 5) is 3.95. The average molecular weight is 180 g/mol. The standard InChI is InChI=1S/C8H12N4O/c1-4-3-5(6(9)10)7(11)12-8(4)13-2/h3H,1-2H3,(H3,9,10)(H2,11,12). The van der Waals surface area contributed by atoms with Crippen molar-refractivity contribution in [2.24, 2.45) is 5.73 Å². The molecule has 0 aliphatic carbocycles. The Morgan fingerprint density at radius 2 is 2.23 bits per heavy atom. The number of methoxy groups -OCH3 is 1. The van der Waals surface area contributed by atoms with E-state index in [1.54, 1.807) is 6.07 Å². The molecule has 5 heteroatoms. The lowest BCUT2D eigenvalue weighted by Gasteiger charge is -2.07. The monoisotopic (exact) mass is 180 g/mol. The van der Waals surface area contributed by atoms with Crippen LogP contribution in [0.4, 0.5) is 5.82 Å². The smallest absolute Gasteiger partial charge is 0.217 e. The van der Waals surface area contributed by atoms with Crippen molar-refractivity contribution in [3.05, 3.63) is 17.2 Å². The topological polar surface area (TPSA) is 98.0 Å². The predicted octanol–water partition coefficient (Wildman–Crippen LogP) is 0.265. The van der Waals surface area contributed by atoms with Gasteiger partial charge in [0.15, 0.2) is 0 Å². The van der Waals surface area contributed by atoms with E-state index in [9.17, 15) is 0 Å². The third-order valence-electron chi connectivity index (χ3n) is 1.68. The highest BCUT2D eigenvalue weighted by Gasteiger charge is 2.08. The van der Waals surface area contributed by atoms with Crippen molar-refractivity contribution in [3.63, 3.8) is 0 Å². The van der Waals surface area contributed by atoms with E-state index in [1.165, 1.54) is 7.11 Å². The van der Waals surface area contributed by atoms with Gasteiger partial charge in [0.25, 0.3) is 0 Å². The number of pyridine rings is 1. The van der Waals surface area contributed by atoms with Crippen molar-refractivity contribution in [1.82, 2.24) is 4.98 Å². The molecule has 0 amide bonds. The first-order chi connectivity index (χ1) is 6.06. The van der Waals surface area contributed by atoms with Gasteiger partial charge in [-0.2, -0.15) is 4.98 Å². The molecule has 0 spiro atoms. The molecular weight excluding hydrogens is 168 g/mol. The van der Waals surface area contributed by atoms with Gasteiger partial charge < -0.3 is 16.2 Å². The van der Waals surface area contributed by atoms with Gasteiger partial charge in [0, 0.05) is 5.56 Å². The minimum absolute atomic E-state index is 0.0873. The van der Waals surface area contributed by atoms with E-state index in [-0.39, 0.29) is 11.7 Å². The van der Waals surface area contributed by atoms with Gasteiger partial charge in [-0.15, -0.1) is 0 Å². The van der Waals surface area contributed by atoms with Crippen LogP contribution in [0.3, 0.4) is 0 Å². The number of ether oxygens (including phenoxy) is 1. The molecule has 1 heterocycles. The van der Waals surface area contributed by atoms with E-state index >= 15 is 0 Å². The molecule has 1 rings (SSSR count). The number of nitrogens with two attached hydrogens (primary N) is 2. The lowest BCUT2D eigenvalue weighted by atomic mass is 10.2. The summed E-state index contributed by atoms with van der Waals surface area (Å²) in [6.07, 6.45) is 0. The Kier molecular flexibility index (Phi) is 2.36. The number of nitrogens with zero attached hydrogens (tertiary/aromatic N) is 1. The normalized spacial score (nSPS) is 9.69. The molecule has 1 aromatic rings. The summed E-state index contributed by atoms with van der Waals surface area (Å²) in [5.41, 5.74) is 12.1. The van der Waals surface area contributed by atoms with E-state index in [4.69, 9.17) is 21.6 Å². The number of nitrogens with one attached hydrogen (secondary N) is 1. The van der Waals surface area contributed by atoms with E-state index < -0.39 is 0 Å². The fourth-order valence-corrected chi connectivity index (χ4v) is 1.03. The van der Waals surface area contributed by atoms with Crippen molar-refractivity contribution < 1.29 is 4.74 Å². The SMILES string of the molecule is COc1nc(N)c(C(=N)N)cc1C. The number of amidine groups is 1. The van der Waals surface area contributed by atoms with Crippen LogP contribution in [0.25, 0.3) is 0 Å². The molecule has 0 bridgehead atoms. The number of aryl methyl sites for hydroxylation is 1. The minimum Gasteiger partial charge on any atom is -0.481 e. The van der Waals surface area contributed by atoms with Gasteiger partial charge >= 0.3 is 0 Å². The summed E-state index contributed by atoms with van der Waals surface area (Å²) >= 11 is 0. The second-order valence-electron chi connectivity index (χ2n) is 2.66. The molecule has 5 nitrogen and oxygen atoms in total. The van der Waals surface area contributed by atoms with Gasteiger partial charge in [-0.05, 0) is 13.0 Å². The van der Waals surface area contributed by atoms with Crippen molar-refractivity contribution in [3.8, 4) is 5.88 Å². The van der Waals surface area contributed by atoms with Crippen LogP contribution in [0, 0.1) is 12.3 Å². The molecule has 0 aliphatic heterocycles. The quantitative estimate of drug-likeness (QED) is 0.449. The van der Waals surface area contributed by atoms with Crippen LogP contribution in [0.1, 0.15) is 11.1 Å². The Labute approximate surface area is 76.2 Å². The molecule has 0 radical (unpaired) electrons. The molecular formula is C8H12N4O. The average Bonchev–Trinajstić information content (AvgIpc) is 2.07. The Bertz CT molecular complexity index is 348. The zero-order chi connectivity index (χ0) is 10.0. The zero-order valence-electron chi connectivity index (χ0n) is 7.59. The Morgan fingerprint density at radius 1 is 1.62 bits per heavy atom. The lowest BCUT2D eigenvalue weighted by Crippen LogP contribution is -2.15. The highest BCUT2D eigenvalue weighted by molar-refractivity contribution is 5.99. The van der Waals surface area contributed by atoms with Crippen LogP contribution in [-0.2, 0) is 0 Å². The number of nitrogen functional groups attached to an aromatic ring is 2. The third kappa shape index (κ3) is 1.69. The first-order valence-electron chi connectivity index (χ1n) is 3.71. The number of hydrogen-bond acceptors (Lipinski definition) is 4. The van der Waals surface area contributed by atoms with E-state index in [2.05, 4.69) is 4.98 Å². The maximum absolute atomic E-state index is 7.22. The number of aromatic nitrogens is 1. The van der Waals surface area contributed by atoms with Crippen molar-refractivity contribution in [2.45, 2.75) is 6.92 Å². The summed E-state index contributed by atoms with van der Waals surface area (Å²) in [6.45, 7) is 1.82. The summed E-state index contributed by atoms with van der Waals surface area (Å²) in [6, 6.07) is 1.68. The molecule has 1 aromatic heterocycles. The molecule has 13 heavy (non-hydrogen) atoms. The first kappa shape index (κ1) is 9.31. The van der Waals surface area contributed by atoms with E-state index in [0.29, 0.717) is 11.4 Å². The van der Waals surface area contributed by atoms with Gasteiger partial charge in [0.1, 0.15) is 11.7 Å². The number of rotatable bonds is 2. The van der Waals surface area contributed by atoms with Gasteiger partial charge in [-0.25, -0.2) is 0 Å². The predicted molar refractivity (Wildman–Crippen MR) is 51.0 cm³/mol. The third-order valence-corrected chi connectivity index (χ3v) is 1.68.